The van der Waals surface area contributed by atoms with Gasteiger partial charge in [-0.3, -0.25) is 4.79 Å². The predicted octanol–water partition coefficient (Wildman–Crippen LogP) is 1.95. The molecule has 1 amide bonds. The molecule has 0 saturated carbocycles. The smallest absolute Gasteiger partial charge is 0.236 e. The highest BCUT2D eigenvalue weighted by atomic mass is 16.2. The van der Waals surface area contributed by atoms with Gasteiger partial charge in [0.1, 0.15) is 0 Å². The summed E-state index contributed by atoms with van der Waals surface area (Å²) in [5.74, 6) is 0.226. The molecule has 116 valence electrons. The van der Waals surface area contributed by atoms with Gasteiger partial charge >= 0.3 is 0 Å². The third-order valence-corrected chi connectivity index (χ3v) is 4.25. The standard InChI is InChI=1S/C17H27N3O/c1-4-8-18-13-17(21)20-11-9-19(10-12-20)16-7-5-6-14(2)15(16)3/h5-7,18H,4,8-13H2,1-3H3. The van der Waals surface area contributed by atoms with Gasteiger partial charge in [0.25, 0.3) is 0 Å². The predicted molar refractivity (Wildman–Crippen MR) is 87.9 cm³/mol. The van der Waals surface area contributed by atoms with Crippen molar-refractivity contribution < 1.29 is 4.79 Å². The molecule has 0 bridgehead atoms. The number of rotatable bonds is 5. The molecule has 4 heteroatoms. The zero-order valence-electron chi connectivity index (χ0n) is 13.5. The van der Waals surface area contributed by atoms with Crippen molar-refractivity contribution in [2.45, 2.75) is 27.2 Å². The molecule has 21 heavy (non-hydrogen) atoms. The van der Waals surface area contributed by atoms with Crippen LogP contribution in [-0.2, 0) is 4.79 Å². The molecule has 0 spiro atoms. The van der Waals surface area contributed by atoms with Crippen molar-refractivity contribution in [3.8, 4) is 0 Å². The molecule has 1 fully saturated rings. The Hall–Kier alpha value is -1.55. The second-order valence-corrected chi connectivity index (χ2v) is 5.76. The monoisotopic (exact) mass is 289 g/mol. The number of nitrogens with one attached hydrogen (secondary N) is 1. The van der Waals surface area contributed by atoms with Gasteiger partial charge in [-0.15, -0.1) is 0 Å². The van der Waals surface area contributed by atoms with E-state index in [0.29, 0.717) is 6.54 Å². The van der Waals surface area contributed by atoms with E-state index in [0.717, 1.165) is 39.1 Å². The summed E-state index contributed by atoms with van der Waals surface area (Å²) in [6.45, 7) is 11.3. The summed E-state index contributed by atoms with van der Waals surface area (Å²) >= 11 is 0. The maximum Gasteiger partial charge on any atom is 0.236 e. The molecule has 1 aliphatic rings. The van der Waals surface area contributed by atoms with Crippen molar-refractivity contribution in [2.75, 3.05) is 44.2 Å². The van der Waals surface area contributed by atoms with E-state index in [4.69, 9.17) is 0 Å². The number of hydrogen-bond donors (Lipinski definition) is 1. The normalized spacial score (nSPS) is 15.4. The first-order valence-corrected chi connectivity index (χ1v) is 7.93. The van der Waals surface area contributed by atoms with Crippen molar-refractivity contribution in [3.63, 3.8) is 0 Å². The number of aryl methyl sites for hydroxylation is 1. The van der Waals surface area contributed by atoms with Gasteiger partial charge in [0.15, 0.2) is 0 Å². The molecule has 0 aliphatic carbocycles. The molecule has 0 unspecified atom stereocenters. The number of piperazine rings is 1. The molecule has 1 aromatic carbocycles. The third kappa shape index (κ3) is 3.97. The molecule has 1 N–H and O–H groups in total. The molecule has 0 radical (unpaired) electrons. The van der Waals surface area contributed by atoms with Crippen molar-refractivity contribution in [3.05, 3.63) is 29.3 Å². The number of amides is 1. The topological polar surface area (TPSA) is 35.6 Å². The quantitative estimate of drug-likeness (QED) is 0.842. The van der Waals surface area contributed by atoms with E-state index >= 15 is 0 Å². The first-order chi connectivity index (χ1) is 10.1. The average molecular weight is 289 g/mol. The Bertz CT molecular complexity index is 479. The third-order valence-electron chi connectivity index (χ3n) is 4.25. The highest BCUT2D eigenvalue weighted by molar-refractivity contribution is 5.78. The molecule has 1 aromatic rings. The second-order valence-electron chi connectivity index (χ2n) is 5.76. The van der Waals surface area contributed by atoms with Crippen molar-refractivity contribution in [2.24, 2.45) is 0 Å². The van der Waals surface area contributed by atoms with Gasteiger partial charge in [0, 0.05) is 31.9 Å². The summed E-state index contributed by atoms with van der Waals surface area (Å²) < 4.78 is 0. The highest BCUT2D eigenvalue weighted by Gasteiger charge is 2.21. The Morgan fingerprint density at radius 1 is 1.19 bits per heavy atom. The summed E-state index contributed by atoms with van der Waals surface area (Å²) in [6, 6.07) is 6.45. The van der Waals surface area contributed by atoms with E-state index in [2.05, 4.69) is 49.2 Å². The van der Waals surface area contributed by atoms with E-state index in [-0.39, 0.29) is 5.91 Å². The van der Waals surface area contributed by atoms with Gasteiger partial charge in [-0.1, -0.05) is 19.1 Å². The van der Waals surface area contributed by atoms with Gasteiger partial charge in [-0.25, -0.2) is 0 Å². The maximum absolute atomic E-state index is 12.1. The molecular formula is C17H27N3O. The Kier molecular flexibility index (Phi) is 5.62. The van der Waals surface area contributed by atoms with Crippen LogP contribution in [0.25, 0.3) is 0 Å². The Morgan fingerprint density at radius 2 is 1.90 bits per heavy atom. The van der Waals surface area contributed by atoms with E-state index in [1.54, 1.807) is 0 Å². The van der Waals surface area contributed by atoms with Crippen LogP contribution in [0.3, 0.4) is 0 Å². The van der Waals surface area contributed by atoms with E-state index in [1.807, 2.05) is 4.90 Å². The fourth-order valence-corrected chi connectivity index (χ4v) is 2.76. The van der Waals surface area contributed by atoms with Crippen LogP contribution in [0.15, 0.2) is 18.2 Å². The maximum atomic E-state index is 12.1. The number of carbonyl (C=O) groups is 1. The SMILES string of the molecule is CCCNCC(=O)N1CCN(c2cccc(C)c2C)CC1. The van der Waals surface area contributed by atoms with Gasteiger partial charge in [0.05, 0.1) is 6.54 Å². The minimum Gasteiger partial charge on any atom is -0.368 e. The average Bonchev–Trinajstić information content (AvgIpc) is 2.50. The minimum atomic E-state index is 0.226. The molecular weight excluding hydrogens is 262 g/mol. The van der Waals surface area contributed by atoms with Crippen LogP contribution < -0.4 is 10.2 Å². The highest BCUT2D eigenvalue weighted by Crippen LogP contribution is 2.23. The number of hydrogen-bond acceptors (Lipinski definition) is 3. The zero-order valence-corrected chi connectivity index (χ0v) is 13.5. The van der Waals surface area contributed by atoms with Crippen LogP contribution in [0.1, 0.15) is 24.5 Å². The summed E-state index contributed by atoms with van der Waals surface area (Å²) in [6.07, 6.45) is 1.06. The first-order valence-electron chi connectivity index (χ1n) is 7.93. The van der Waals surface area contributed by atoms with Gasteiger partial charge in [0.2, 0.25) is 5.91 Å². The lowest BCUT2D eigenvalue weighted by Crippen LogP contribution is -2.51. The van der Waals surface area contributed by atoms with Crippen LogP contribution in [0, 0.1) is 13.8 Å². The number of nitrogens with zero attached hydrogens (tertiary/aromatic N) is 2. The summed E-state index contributed by atoms with van der Waals surface area (Å²) in [7, 11) is 0. The molecule has 4 nitrogen and oxygen atoms in total. The van der Waals surface area contributed by atoms with Crippen LogP contribution in [0.4, 0.5) is 5.69 Å². The van der Waals surface area contributed by atoms with Crippen molar-refractivity contribution >= 4 is 11.6 Å². The largest absolute Gasteiger partial charge is 0.368 e. The number of benzene rings is 1. The van der Waals surface area contributed by atoms with Crippen molar-refractivity contribution in [1.82, 2.24) is 10.2 Å². The first kappa shape index (κ1) is 15.8. The van der Waals surface area contributed by atoms with Crippen molar-refractivity contribution in [1.29, 1.82) is 0 Å². The lowest BCUT2D eigenvalue weighted by molar-refractivity contribution is -0.130. The molecule has 1 heterocycles. The molecule has 0 atom stereocenters. The van der Waals surface area contributed by atoms with Crippen LogP contribution in [-0.4, -0.2) is 50.1 Å². The molecule has 2 rings (SSSR count). The Labute approximate surface area is 128 Å². The van der Waals surface area contributed by atoms with Gasteiger partial charge < -0.3 is 15.1 Å². The van der Waals surface area contributed by atoms with E-state index in [9.17, 15) is 4.79 Å². The minimum absolute atomic E-state index is 0.226. The lowest BCUT2D eigenvalue weighted by atomic mass is 10.1. The zero-order chi connectivity index (χ0) is 15.2. The fraction of sp³-hybridized carbons (Fsp3) is 0.588. The fourth-order valence-electron chi connectivity index (χ4n) is 2.76. The van der Waals surface area contributed by atoms with Crippen LogP contribution in [0.5, 0.6) is 0 Å². The van der Waals surface area contributed by atoms with E-state index in [1.165, 1.54) is 16.8 Å². The summed E-state index contributed by atoms with van der Waals surface area (Å²) in [5.41, 5.74) is 3.99. The number of anilines is 1. The second kappa shape index (κ2) is 7.46. The van der Waals surface area contributed by atoms with Gasteiger partial charge in [-0.2, -0.15) is 0 Å². The Morgan fingerprint density at radius 3 is 2.57 bits per heavy atom. The summed E-state index contributed by atoms with van der Waals surface area (Å²) in [4.78, 5) is 16.5. The summed E-state index contributed by atoms with van der Waals surface area (Å²) in [5, 5.41) is 3.19. The lowest BCUT2D eigenvalue weighted by Gasteiger charge is -2.37. The number of carbonyl (C=O) groups excluding carboxylic acids is 1. The van der Waals surface area contributed by atoms with E-state index < -0.39 is 0 Å². The molecule has 1 saturated heterocycles. The Balaban J connectivity index is 1.88. The molecule has 0 aromatic heterocycles. The van der Waals surface area contributed by atoms with Crippen LogP contribution in [0.2, 0.25) is 0 Å². The van der Waals surface area contributed by atoms with Gasteiger partial charge in [-0.05, 0) is 44.0 Å². The van der Waals surface area contributed by atoms with Crippen LogP contribution >= 0.6 is 0 Å². The molecule has 1 aliphatic heterocycles.